The number of benzene rings is 1. The summed E-state index contributed by atoms with van der Waals surface area (Å²) >= 11 is 0. The fourth-order valence-corrected chi connectivity index (χ4v) is 3.96. The van der Waals surface area contributed by atoms with Gasteiger partial charge in [0.05, 0.1) is 6.33 Å². The van der Waals surface area contributed by atoms with Crippen LogP contribution in [0.2, 0.25) is 0 Å². The van der Waals surface area contributed by atoms with Crippen LogP contribution in [-0.2, 0) is 11.3 Å². The number of hydrogen-bond acceptors (Lipinski definition) is 3. The zero-order chi connectivity index (χ0) is 17.1. The Labute approximate surface area is 148 Å². The molecule has 2 aromatic rings. The Morgan fingerprint density at radius 1 is 1.24 bits per heavy atom. The van der Waals surface area contributed by atoms with Gasteiger partial charge in [-0.15, -0.1) is 0 Å². The molecular weight excluding hydrogens is 312 g/mol. The summed E-state index contributed by atoms with van der Waals surface area (Å²) in [7, 11) is 0. The summed E-state index contributed by atoms with van der Waals surface area (Å²) in [5.41, 5.74) is 1.91. The molecule has 5 heteroatoms. The van der Waals surface area contributed by atoms with E-state index in [9.17, 15) is 4.79 Å². The maximum absolute atomic E-state index is 12.1. The highest BCUT2D eigenvalue weighted by Crippen LogP contribution is 2.43. The number of rotatable bonds is 7. The number of amides is 1. The van der Waals surface area contributed by atoms with Crippen LogP contribution in [0.5, 0.6) is 0 Å². The topological polar surface area (TPSA) is 59.0 Å². The Balaban J connectivity index is 1.27. The molecule has 5 nitrogen and oxygen atoms in total. The van der Waals surface area contributed by atoms with Gasteiger partial charge in [-0.3, -0.25) is 4.79 Å². The largest absolute Gasteiger partial charge is 0.385 e. The van der Waals surface area contributed by atoms with Gasteiger partial charge in [-0.1, -0.05) is 18.2 Å². The molecule has 2 N–H and O–H groups in total. The highest BCUT2D eigenvalue weighted by atomic mass is 16.1. The standard InChI is InChI=1S/C20H24N4O/c25-20(6-8-24-9-7-21-14-24)23-19-3-1-2-18(12-19)22-13-17-11-15-4-5-16(17)10-15/h1-5,7,9,12,14-17,22H,6,8,10-11,13H2,(H,23,25)/t15-,16-,17+/m0/s1. The van der Waals surface area contributed by atoms with Crippen molar-refractivity contribution >= 4 is 17.3 Å². The third-order valence-electron chi connectivity index (χ3n) is 5.29. The number of imidazole rings is 1. The molecule has 0 unspecified atom stereocenters. The molecule has 1 fully saturated rings. The molecule has 2 aliphatic carbocycles. The second kappa shape index (κ2) is 7.13. The van der Waals surface area contributed by atoms with E-state index in [4.69, 9.17) is 0 Å². The van der Waals surface area contributed by atoms with E-state index in [-0.39, 0.29) is 5.91 Å². The monoisotopic (exact) mass is 336 g/mol. The van der Waals surface area contributed by atoms with E-state index in [0.717, 1.165) is 35.7 Å². The normalized spacial score (nSPS) is 23.8. The summed E-state index contributed by atoms with van der Waals surface area (Å²) in [6.07, 6.45) is 13.1. The second-order valence-corrected chi connectivity index (χ2v) is 7.10. The number of fused-ring (bicyclic) bond motifs is 2. The number of nitrogens with zero attached hydrogens (tertiary/aromatic N) is 2. The zero-order valence-corrected chi connectivity index (χ0v) is 14.3. The maximum atomic E-state index is 12.1. The zero-order valence-electron chi connectivity index (χ0n) is 14.3. The molecule has 1 aromatic carbocycles. The van der Waals surface area contributed by atoms with Gasteiger partial charge in [-0.25, -0.2) is 4.98 Å². The molecule has 130 valence electrons. The first-order valence-electron chi connectivity index (χ1n) is 9.04. The van der Waals surface area contributed by atoms with Crippen molar-refractivity contribution in [2.75, 3.05) is 17.2 Å². The molecule has 1 saturated carbocycles. The summed E-state index contributed by atoms with van der Waals surface area (Å²) in [6.45, 7) is 1.64. The number of anilines is 2. The first kappa shape index (κ1) is 15.9. The van der Waals surface area contributed by atoms with Gasteiger partial charge in [0, 0.05) is 43.3 Å². The van der Waals surface area contributed by atoms with Crippen LogP contribution in [0, 0.1) is 17.8 Å². The van der Waals surface area contributed by atoms with Gasteiger partial charge in [-0.2, -0.15) is 0 Å². The fraction of sp³-hybridized carbons (Fsp3) is 0.400. The molecule has 3 atom stereocenters. The average molecular weight is 336 g/mol. The molecule has 4 rings (SSSR count). The van der Waals surface area contributed by atoms with Crippen LogP contribution in [0.1, 0.15) is 19.3 Å². The molecule has 0 radical (unpaired) electrons. The number of carbonyl (C=O) groups excluding carboxylic acids is 1. The summed E-state index contributed by atoms with van der Waals surface area (Å²) < 4.78 is 1.90. The second-order valence-electron chi connectivity index (χ2n) is 7.10. The molecule has 25 heavy (non-hydrogen) atoms. The molecule has 0 saturated heterocycles. The average Bonchev–Trinajstić information content (AvgIpc) is 3.36. The first-order chi connectivity index (χ1) is 12.3. The van der Waals surface area contributed by atoms with E-state index >= 15 is 0 Å². The van der Waals surface area contributed by atoms with Crippen LogP contribution in [-0.4, -0.2) is 22.0 Å². The van der Waals surface area contributed by atoms with E-state index in [2.05, 4.69) is 33.8 Å². The van der Waals surface area contributed by atoms with Crippen molar-refractivity contribution in [2.24, 2.45) is 17.8 Å². The van der Waals surface area contributed by atoms with Gasteiger partial charge >= 0.3 is 0 Å². The Morgan fingerprint density at radius 2 is 2.16 bits per heavy atom. The van der Waals surface area contributed by atoms with Crippen molar-refractivity contribution in [3.63, 3.8) is 0 Å². The van der Waals surface area contributed by atoms with Crippen LogP contribution < -0.4 is 10.6 Å². The third kappa shape index (κ3) is 3.92. The van der Waals surface area contributed by atoms with Gasteiger partial charge in [0.15, 0.2) is 0 Å². The molecular formula is C20H24N4O. The summed E-state index contributed by atoms with van der Waals surface area (Å²) in [5, 5.41) is 6.52. The van der Waals surface area contributed by atoms with Gasteiger partial charge in [0.25, 0.3) is 0 Å². The van der Waals surface area contributed by atoms with Crippen molar-refractivity contribution < 1.29 is 4.79 Å². The van der Waals surface area contributed by atoms with Crippen molar-refractivity contribution in [3.8, 4) is 0 Å². The SMILES string of the molecule is O=C(CCn1ccnc1)Nc1cccc(NC[C@H]2C[C@H]3C=C[C@H]2C3)c1. The number of aromatic nitrogens is 2. The lowest BCUT2D eigenvalue weighted by atomic mass is 9.93. The molecule has 2 bridgehead atoms. The van der Waals surface area contributed by atoms with Crippen molar-refractivity contribution in [3.05, 3.63) is 55.1 Å². The number of nitrogens with one attached hydrogen (secondary N) is 2. The number of hydrogen-bond donors (Lipinski definition) is 2. The fourth-order valence-electron chi connectivity index (χ4n) is 3.96. The van der Waals surface area contributed by atoms with Crippen molar-refractivity contribution in [1.29, 1.82) is 0 Å². The predicted octanol–water partition coefficient (Wildman–Crippen LogP) is 3.54. The lowest BCUT2D eigenvalue weighted by molar-refractivity contribution is -0.116. The number of allylic oxidation sites excluding steroid dienone is 2. The lowest BCUT2D eigenvalue weighted by Crippen LogP contribution is -2.18. The van der Waals surface area contributed by atoms with Crippen LogP contribution in [0.25, 0.3) is 0 Å². The Bertz CT molecular complexity index is 753. The van der Waals surface area contributed by atoms with Gasteiger partial charge in [-0.05, 0) is 48.8 Å². The summed E-state index contributed by atoms with van der Waals surface area (Å²) in [4.78, 5) is 16.1. The lowest BCUT2D eigenvalue weighted by Gasteiger charge is -2.19. The van der Waals surface area contributed by atoms with Crippen molar-refractivity contribution in [2.45, 2.75) is 25.8 Å². The molecule has 1 heterocycles. The Morgan fingerprint density at radius 3 is 2.92 bits per heavy atom. The molecule has 2 aliphatic rings. The molecule has 0 spiro atoms. The number of aryl methyl sites for hydroxylation is 1. The highest BCUT2D eigenvalue weighted by molar-refractivity contribution is 5.91. The van der Waals surface area contributed by atoms with Crippen LogP contribution in [0.3, 0.4) is 0 Å². The first-order valence-corrected chi connectivity index (χ1v) is 9.04. The minimum absolute atomic E-state index is 0.0177. The summed E-state index contributed by atoms with van der Waals surface area (Å²) in [6, 6.07) is 7.98. The van der Waals surface area contributed by atoms with Crippen molar-refractivity contribution in [1.82, 2.24) is 9.55 Å². The highest BCUT2D eigenvalue weighted by Gasteiger charge is 2.35. The quantitative estimate of drug-likeness (QED) is 0.761. The van der Waals surface area contributed by atoms with E-state index in [0.29, 0.717) is 13.0 Å². The molecule has 1 aromatic heterocycles. The Kier molecular flexibility index (Phi) is 4.55. The minimum Gasteiger partial charge on any atom is -0.385 e. The van der Waals surface area contributed by atoms with E-state index in [1.807, 2.05) is 29.0 Å². The summed E-state index contributed by atoms with van der Waals surface area (Å²) in [5.74, 6) is 2.31. The van der Waals surface area contributed by atoms with E-state index < -0.39 is 0 Å². The third-order valence-corrected chi connectivity index (χ3v) is 5.29. The van der Waals surface area contributed by atoms with Crippen LogP contribution >= 0.6 is 0 Å². The van der Waals surface area contributed by atoms with Gasteiger partial charge < -0.3 is 15.2 Å². The minimum atomic E-state index is 0.0177. The van der Waals surface area contributed by atoms with E-state index in [1.54, 1.807) is 12.5 Å². The Hall–Kier alpha value is -2.56. The van der Waals surface area contributed by atoms with E-state index in [1.165, 1.54) is 12.8 Å². The van der Waals surface area contributed by atoms with Crippen LogP contribution in [0.15, 0.2) is 55.1 Å². The predicted molar refractivity (Wildman–Crippen MR) is 99.2 cm³/mol. The number of carbonyl (C=O) groups is 1. The van der Waals surface area contributed by atoms with Gasteiger partial charge in [0.1, 0.15) is 0 Å². The smallest absolute Gasteiger partial charge is 0.226 e. The van der Waals surface area contributed by atoms with Crippen LogP contribution in [0.4, 0.5) is 11.4 Å². The maximum Gasteiger partial charge on any atom is 0.226 e. The molecule has 1 amide bonds. The van der Waals surface area contributed by atoms with Gasteiger partial charge in [0.2, 0.25) is 5.91 Å². The molecule has 0 aliphatic heterocycles.